The van der Waals surface area contributed by atoms with Crippen LogP contribution in [0.25, 0.3) is 0 Å². The van der Waals surface area contributed by atoms with Crippen molar-refractivity contribution in [3.63, 3.8) is 0 Å². The number of alkyl halides is 3. The summed E-state index contributed by atoms with van der Waals surface area (Å²) >= 11 is 5.95. The van der Waals surface area contributed by atoms with Crippen molar-refractivity contribution >= 4 is 11.6 Å². The zero-order valence-corrected chi connectivity index (χ0v) is 12.0. The summed E-state index contributed by atoms with van der Waals surface area (Å²) in [7, 11) is 0. The number of aryl methyl sites for hydroxylation is 1. The number of nitrogens with one attached hydrogen (secondary N) is 1. The summed E-state index contributed by atoms with van der Waals surface area (Å²) in [5.74, 6) is 5.49. The number of nitrogens with two attached hydrogens (primary N) is 1. The van der Waals surface area contributed by atoms with E-state index in [0.29, 0.717) is 10.6 Å². The smallest absolute Gasteiger partial charge is 0.271 e. The average Bonchev–Trinajstić information content (AvgIpc) is 2.43. The van der Waals surface area contributed by atoms with Gasteiger partial charge in [-0.15, -0.1) is 0 Å². The molecule has 0 heterocycles. The summed E-state index contributed by atoms with van der Waals surface area (Å²) in [5, 5.41) is 0.554. The molecule has 0 fully saturated rings. The normalized spacial score (nSPS) is 13.2. The van der Waals surface area contributed by atoms with Crippen molar-refractivity contribution in [2.24, 2.45) is 5.84 Å². The predicted molar refractivity (Wildman–Crippen MR) is 76.8 cm³/mol. The first-order chi connectivity index (χ1) is 9.84. The maximum Gasteiger partial charge on any atom is 0.416 e. The van der Waals surface area contributed by atoms with Crippen LogP contribution in [0.3, 0.4) is 0 Å². The third-order valence-corrected chi connectivity index (χ3v) is 3.68. The summed E-state index contributed by atoms with van der Waals surface area (Å²) in [6.07, 6.45) is -4.44. The number of hydrogen-bond donors (Lipinski definition) is 2. The highest BCUT2D eigenvalue weighted by Crippen LogP contribution is 2.36. The molecule has 0 spiro atoms. The van der Waals surface area contributed by atoms with Crippen LogP contribution in [0, 0.1) is 6.92 Å². The number of benzene rings is 2. The average molecular weight is 315 g/mol. The van der Waals surface area contributed by atoms with Gasteiger partial charge < -0.3 is 0 Å². The van der Waals surface area contributed by atoms with E-state index in [9.17, 15) is 13.2 Å². The van der Waals surface area contributed by atoms with E-state index in [2.05, 4.69) is 5.43 Å². The summed E-state index contributed by atoms with van der Waals surface area (Å²) in [6.45, 7) is 1.79. The van der Waals surface area contributed by atoms with Crippen molar-refractivity contribution in [3.05, 3.63) is 69.7 Å². The van der Waals surface area contributed by atoms with Crippen molar-refractivity contribution in [3.8, 4) is 0 Å². The summed E-state index contributed by atoms with van der Waals surface area (Å²) in [5.41, 5.74) is 3.22. The molecule has 0 saturated carbocycles. The lowest BCUT2D eigenvalue weighted by atomic mass is 9.93. The van der Waals surface area contributed by atoms with E-state index >= 15 is 0 Å². The van der Waals surface area contributed by atoms with Crippen LogP contribution in [0.15, 0.2) is 42.5 Å². The van der Waals surface area contributed by atoms with Crippen LogP contribution in [0.5, 0.6) is 0 Å². The standard InChI is InChI=1S/C15H14ClF3N2/c1-9-8-10(6-7-13(9)16)14(21-20)11-4-2-3-5-12(11)15(17,18)19/h2-8,14,21H,20H2,1H3. The van der Waals surface area contributed by atoms with Crippen LogP contribution in [0.1, 0.15) is 28.3 Å². The minimum Gasteiger partial charge on any atom is -0.271 e. The Bertz CT molecular complexity index is 641. The molecule has 1 unspecified atom stereocenters. The lowest BCUT2D eigenvalue weighted by molar-refractivity contribution is -0.138. The molecule has 2 rings (SSSR count). The Labute approximate surface area is 125 Å². The minimum absolute atomic E-state index is 0.0780. The first kappa shape index (κ1) is 15.8. The molecule has 6 heteroatoms. The molecule has 2 nitrogen and oxygen atoms in total. The van der Waals surface area contributed by atoms with Crippen molar-refractivity contribution in [2.45, 2.75) is 19.1 Å². The van der Waals surface area contributed by atoms with E-state index in [1.807, 2.05) is 0 Å². The maximum atomic E-state index is 13.1. The fourth-order valence-corrected chi connectivity index (χ4v) is 2.34. The second-order valence-electron chi connectivity index (χ2n) is 4.69. The van der Waals surface area contributed by atoms with E-state index in [1.54, 1.807) is 31.2 Å². The van der Waals surface area contributed by atoms with Crippen LogP contribution in [0.2, 0.25) is 5.02 Å². The molecule has 0 aromatic heterocycles. The molecule has 2 aromatic carbocycles. The molecular formula is C15H14ClF3N2. The molecule has 112 valence electrons. The van der Waals surface area contributed by atoms with E-state index in [4.69, 9.17) is 17.4 Å². The highest BCUT2D eigenvalue weighted by atomic mass is 35.5. The largest absolute Gasteiger partial charge is 0.416 e. The van der Waals surface area contributed by atoms with Gasteiger partial charge in [-0.2, -0.15) is 13.2 Å². The maximum absolute atomic E-state index is 13.1. The first-order valence-corrected chi connectivity index (χ1v) is 6.60. The number of hydrazine groups is 1. The van der Waals surface area contributed by atoms with Gasteiger partial charge in [0.25, 0.3) is 0 Å². The topological polar surface area (TPSA) is 38.0 Å². The second-order valence-corrected chi connectivity index (χ2v) is 5.10. The fraction of sp³-hybridized carbons (Fsp3) is 0.200. The molecule has 3 N–H and O–H groups in total. The highest BCUT2D eigenvalue weighted by Gasteiger charge is 2.35. The van der Waals surface area contributed by atoms with E-state index in [0.717, 1.165) is 11.6 Å². The van der Waals surface area contributed by atoms with E-state index in [1.165, 1.54) is 12.1 Å². The molecule has 21 heavy (non-hydrogen) atoms. The fourth-order valence-electron chi connectivity index (χ4n) is 2.22. The van der Waals surface area contributed by atoms with Crippen LogP contribution >= 0.6 is 11.6 Å². The molecule has 0 aliphatic heterocycles. The van der Waals surface area contributed by atoms with Gasteiger partial charge in [0.15, 0.2) is 0 Å². The zero-order chi connectivity index (χ0) is 15.6. The van der Waals surface area contributed by atoms with Gasteiger partial charge in [0.2, 0.25) is 0 Å². The SMILES string of the molecule is Cc1cc(C(NN)c2ccccc2C(F)(F)F)ccc1Cl. The zero-order valence-electron chi connectivity index (χ0n) is 11.2. The number of rotatable bonds is 3. The Balaban J connectivity index is 2.54. The Morgan fingerprint density at radius 3 is 2.38 bits per heavy atom. The highest BCUT2D eigenvalue weighted by molar-refractivity contribution is 6.31. The Kier molecular flexibility index (Phi) is 4.56. The van der Waals surface area contributed by atoms with Gasteiger partial charge in [-0.25, -0.2) is 5.43 Å². The minimum atomic E-state index is -4.44. The lowest BCUT2D eigenvalue weighted by Crippen LogP contribution is -2.30. The quantitative estimate of drug-likeness (QED) is 0.657. The van der Waals surface area contributed by atoms with E-state index in [-0.39, 0.29) is 5.56 Å². The van der Waals surface area contributed by atoms with E-state index < -0.39 is 17.8 Å². The van der Waals surface area contributed by atoms with Gasteiger partial charge in [-0.3, -0.25) is 5.84 Å². The van der Waals surface area contributed by atoms with Gasteiger partial charge >= 0.3 is 6.18 Å². The van der Waals surface area contributed by atoms with Crippen LogP contribution < -0.4 is 11.3 Å². The molecule has 0 aliphatic rings. The number of halogens is 4. The lowest BCUT2D eigenvalue weighted by Gasteiger charge is -2.22. The monoisotopic (exact) mass is 314 g/mol. The molecule has 0 amide bonds. The van der Waals surface area contributed by atoms with Crippen molar-refractivity contribution < 1.29 is 13.2 Å². The van der Waals surface area contributed by atoms with Crippen LogP contribution in [0.4, 0.5) is 13.2 Å². The Morgan fingerprint density at radius 2 is 1.81 bits per heavy atom. The first-order valence-electron chi connectivity index (χ1n) is 6.23. The number of hydrogen-bond acceptors (Lipinski definition) is 2. The molecule has 0 radical (unpaired) electrons. The van der Waals surface area contributed by atoms with Crippen LogP contribution in [-0.4, -0.2) is 0 Å². The molecular weight excluding hydrogens is 301 g/mol. The molecule has 1 atom stereocenters. The molecule has 0 aliphatic carbocycles. The predicted octanol–water partition coefficient (Wildman–Crippen LogP) is 4.22. The van der Waals surface area contributed by atoms with Gasteiger partial charge in [-0.1, -0.05) is 41.9 Å². The molecule has 0 bridgehead atoms. The third kappa shape index (κ3) is 3.37. The van der Waals surface area contributed by atoms with Gasteiger partial charge in [0.1, 0.15) is 0 Å². The molecule has 0 saturated heterocycles. The van der Waals surface area contributed by atoms with Gasteiger partial charge in [0.05, 0.1) is 11.6 Å². The van der Waals surface area contributed by atoms with Gasteiger partial charge in [-0.05, 0) is 35.7 Å². The van der Waals surface area contributed by atoms with Crippen molar-refractivity contribution in [2.75, 3.05) is 0 Å². The Hall–Kier alpha value is -1.56. The van der Waals surface area contributed by atoms with Crippen molar-refractivity contribution in [1.82, 2.24) is 5.43 Å². The van der Waals surface area contributed by atoms with Gasteiger partial charge in [0, 0.05) is 5.02 Å². The summed E-state index contributed by atoms with van der Waals surface area (Å²) < 4.78 is 39.3. The summed E-state index contributed by atoms with van der Waals surface area (Å²) in [4.78, 5) is 0. The molecule has 2 aromatic rings. The third-order valence-electron chi connectivity index (χ3n) is 3.26. The Morgan fingerprint density at radius 1 is 1.14 bits per heavy atom. The van der Waals surface area contributed by atoms with Crippen LogP contribution in [-0.2, 0) is 6.18 Å². The van der Waals surface area contributed by atoms with Crippen molar-refractivity contribution in [1.29, 1.82) is 0 Å². The second kappa shape index (κ2) is 6.05. The summed E-state index contributed by atoms with van der Waals surface area (Å²) in [6, 6.07) is 9.63.